The van der Waals surface area contributed by atoms with Crippen LogP contribution in [0.15, 0.2) is 58.5 Å². The largest absolute Gasteiger partial charge is 0.321 e. The van der Waals surface area contributed by atoms with Gasteiger partial charge in [0.2, 0.25) is 5.91 Å². The number of halogens is 1. The first kappa shape index (κ1) is 20.7. The third-order valence-electron chi connectivity index (χ3n) is 4.46. The summed E-state index contributed by atoms with van der Waals surface area (Å²) in [7, 11) is -3.31. The molecule has 0 saturated heterocycles. The highest BCUT2D eigenvalue weighted by Gasteiger charge is 2.24. The number of rotatable bonds is 6. The first-order valence-corrected chi connectivity index (χ1v) is 10.7. The summed E-state index contributed by atoms with van der Waals surface area (Å²) in [4.78, 5) is 24.8. The molecule has 2 amide bonds. The van der Waals surface area contributed by atoms with Gasteiger partial charge < -0.3 is 5.32 Å². The van der Waals surface area contributed by atoms with E-state index in [4.69, 9.17) is 0 Å². The SMILES string of the molecule is CCS(=O)(=O)c1ccc(NC(=O)C2=NN(Cc3ccc(F)cc3)C(=O)CC2)cc1. The van der Waals surface area contributed by atoms with Crippen LogP contribution >= 0.6 is 0 Å². The second kappa shape index (κ2) is 8.52. The van der Waals surface area contributed by atoms with Crippen molar-refractivity contribution in [3.63, 3.8) is 0 Å². The van der Waals surface area contributed by atoms with Gasteiger partial charge in [0.1, 0.15) is 11.5 Å². The van der Waals surface area contributed by atoms with Crippen molar-refractivity contribution in [1.29, 1.82) is 0 Å². The predicted molar refractivity (Wildman–Crippen MR) is 106 cm³/mol. The molecule has 0 aliphatic carbocycles. The van der Waals surface area contributed by atoms with Gasteiger partial charge in [-0.1, -0.05) is 19.1 Å². The third-order valence-corrected chi connectivity index (χ3v) is 6.21. The van der Waals surface area contributed by atoms with Crippen LogP contribution in [0.1, 0.15) is 25.3 Å². The van der Waals surface area contributed by atoms with Gasteiger partial charge in [0, 0.05) is 18.5 Å². The summed E-state index contributed by atoms with van der Waals surface area (Å²) in [5.41, 5.74) is 1.31. The number of carbonyl (C=O) groups excluding carboxylic acids is 2. The minimum absolute atomic E-state index is 0.00652. The fourth-order valence-corrected chi connectivity index (χ4v) is 3.65. The summed E-state index contributed by atoms with van der Waals surface area (Å²) < 4.78 is 36.7. The van der Waals surface area contributed by atoms with Gasteiger partial charge in [0.25, 0.3) is 5.91 Å². The molecule has 29 heavy (non-hydrogen) atoms. The van der Waals surface area contributed by atoms with Crippen molar-refractivity contribution in [1.82, 2.24) is 5.01 Å². The maximum absolute atomic E-state index is 13.0. The molecule has 0 unspecified atom stereocenters. The Morgan fingerprint density at radius 1 is 1.10 bits per heavy atom. The van der Waals surface area contributed by atoms with Crippen LogP contribution in [-0.4, -0.2) is 36.7 Å². The molecule has 7 nitrogen and oxygen atoms in total. The van der Waals surface area contributed by atoms with Crippen LogP contribution in [0.25, 0.3) is 0 Å². The number of hydrogen-bond donors (Lipinski definition) is 1. The minimum Gasteiger partial charge on any atom is -0.321 e. The Kier molecular flexibility index (Phi) is 6.07. The molecule has 0 fully saturated rings. The maximum atomic E-state index is 13.0. The fraction of sp³-hybridized carbons (Fsp3) is 0.250. The number of benzene rings is 2. The summed E-state index contributed by atoms with van der Waals surface area (Å²) >= 11 is 0. The van der Waals surface area contributed by atoms with Crippen molar-refractivity contribution in [2.24, 2.45) is 5.10 Å². The van der Waals surface area contributed by atoms with Crippen LogP contribution in [0.5, 0.6) is 0 Å². The molecule has 0 atom stereocenters. The Morgan fingerprint density at radius 2 is 1.76 bits per heavy atom. The van der Waals surface area contributed by atoms with Gasteiger partial charge in [0.15, 0.2) is 9.84 Å². The molecule has 0 saturated carbocycles. The molecule has 0 aromatic heterocycles. The summed E-state index contributed by atoms with van der Waals surface area (Å²) in [5, 5.41) is 8.01. The van der Waals surface area contributed by atoms with E-state index < -0.39 is 15.7 Å². The lowest BCUT2D eigenvalue weighted by molar-refractivity contribution is -0.132. The van der Waals surface area contributed by atoms with Crippen LogP contribution in [-0.2, 0) is 26.0 Å². The molecule has 0 radical (unpaired) electrons. The standard InChI is InChI=1S/C20H20FN3O4S/c1-2-29(27,28)17-9-7-16(8-10-17)22-20(26)18-11-12-19(25)24(23-18)13-14-3-5-15(21)6-4-14/h3-10H,2,11-13H2,1H3,(H,22,26). The molecule has 1 aliphatic rings. The minimum atomic E-state index is -3.31. The monoisotopic (exact) mass is 417 g/mol. The maximum Gasteiger partial charge on any atom is 0.271 e. The Morgan fingerprint density at radius 3 is 2.38 bits per heavy atom. The van der Waals surface area contributed by atoms with E-state index in [0.717, 1.165) is 0 Å². The normalized spacial score (nSPS) is 14.5. The summed E-state index contributed by atoms with van der Waals surface area (Å²) in [6, 6.07) is 11.6. The molecular formula is C20H20FN3O4S. The van der Waals surface area contributed by atoms with E-state index in [9.17, 15) is 22.4 Å². The topological polar surface area (TPSA) is 95.9 Å². The Balaban J connectivity index is 1.71. The zero-order chi connectivity index (χ0) is 21.0. The first-order valence-electron chi connectivity index (χ1n) is 9.05. The number of nitrogens with one attached hydrogen (secondary N) is 1. The van der Waals surface area contributed by atoms with Gasteiger partial charge in [-0.25, -0.2) is 17.8 Å². The second-order valence-corrected chi connectivity index (χ2v) is 8.78. The highest BCUT2D eigenvalue weighted by molar-refractivity contribution is 7.91. The van der Waals surface area contributed by atoms with Gasteiger partial charge in [-0.05, 0) is 42.0 Å². The van der Waals surface area contributed by atoms with Crippen molar-refractivity contribution < 1.29 is 22.4 Å². The number of amides is 2. The molecule has 0 bridgehead atoms. The molecular weight excluding hydrogens is 397 g/mol. The Labute approximate surface area is 168 Å². The van der Waals surface area contributed by atoms with Crippen LogP contribution in [0, 0.1) is 5.82 Å². The molecule has 152 valence electrons. The predicted octanol–water partition coefficient (Wildman–Crippen LogP) is 2.74. The third kappa shape index (κ3) is 5.05. The van der Waals surface area contributed by atoms with E-state index >= 15 is 0 Å². The average Bonchev–Trinajstić information content (AvgIpc) is 2.71. The zero-order valence-corrected chi connectivity index (χ0v) is 16.6. The first-order chi connectivity index (χ1) is 13.8. The van der Waals surface area contributed by atoms with Crippen molar-refractivity contribution >= 4 is 33.1 Å². The van der Waals surface area contributed by atoms with Crippen LogP contribution in [0.2, 0.25) is 0 Å². The van der Waals surface area contributed by atoms with E-state index in [-0.39, 0.29) is 47.5 Å². The molecule has 1 heterocycles. The Hall–Kier alpha value is -3.07. The van der Waals surface area contributed by atoms with Crippen molar-refractivity contribution in [2.75, 3.05) is 11.1 Å². The number of nitrogens with zero attached hydrogens (tertiary/aromatic N) is 2. The fourth-order valence-electron chi connectivity index (χ4n) is 2.77. The van der Waals surface area contributed by atoms with E-state index in [0.29, 0.717) is 11.3 Å². The zero-order valence-electron chi connectivity index (χ0n) is 15.8. The number of sulfone groups is 1. The molecule has 1 N–H and O–H groups in total. The lowest BCUT2D eigenvalue weighted by Gasteiger charge is -2.23. The lowest BCUT2D eigenvalue weighted by atomic mass is 10.1. The number of hydrogen-bond acceptors (Lipinski definition) is 5. The molecule has 9 heteroatoms. The van der Waals surface area contributed by atoms with E-state index in [2.05, 4.69) is 10.4 Å². The quantitative estimate of drug-likeness (QED) is 0.782. The van der Waals surface area contributed by atoms with Crippen LogP contribution in [0.3, 0.4) is 0 Å². The van der Waals surface area contributed by atoms with Crippen molar-refractivity contribution in [3.05, 3.63) is 59.9 Å². The summed E-state index contributed by atoms with van der Waals surface area (Å²) in [6.07, 6.45) is 0.341. The smallest absolute Gasteiger partial charge is 0.271 e. The summed E-state index contributed by atoms with van der Waals surface area (Å²) in [6.45, 7) is 1.70. The van der Waals surface area contributed by atoms with Gasteiger partial charge in [0.05, 0.1) is 17.2 Å². The van der Waals surface area contributed by atoms with E-state index in [1.807, 2.05) is 0 Å². The van der Waals surface area contributed by atoms with Crippen LogP contribution < -0.4 is 5.32 Å². The molecule has 0 spiro atoms. The highest BCUT2D eigenvalue weighted by atomic mass is 32.2. The number of hydrazone groups is 1. The number of carbonyl (C=O) groups is 2. The van der Waals surface area contributed by atoms with Gasteiger partial charge in [-0.3, -0.25) is 9.59 Å². The van der Waals surface area contributed by atoms with Gasteiger partial charge >= 0.3 is 0 Å². The molecule has 2 aromatic rings. The second-order valence-electron chi connectivity index (χ2n) is 6.51. The number of anilines is 1. The van der Waals surface area contributed by atoms with E-state index in [1.54, 1.807) is 19.1 Å². The summed E-state index contributed by atoms with van der Waals surface area (Å²) in [5.74, 6) is -1.07. The van der Waals surface area contributed by atoms with Crippen molar-refractivity contribution in [3.8, 4) is 0 Å². The van der Waals surface area contributed by atoms with Gasteiger partial charge in [-0.2, -0.15) is 5.10 Å². The molecule has 1 aliphatic heterocycles. The lowest BCUT2D eigenvalue weighted by Crippen LogP contribution is -2.36. The molecule has 2 aromatic carbocycles. The van der Waals surface area contributed by atoms with E-state index in [1.165, 1.54) is 41.4 Å². The van der Waals surface area contributed by atoms with Crippen LogP contribution in [0.4, 0.5) is 10.1 Å². The average molecular weight is 417 g/mol. The van der Waals surface area contributed by atoms with Gasteiger partial charge in [-0.15, -0.1) is 0 Å². The van der Waals surface area contributed by atoms with Crippen molar-refractivity contribution in [2.45, 2.75) is 31.2 Å². The highest BCUT2D eigenvalue weighted by Crippen LogP contribution is 2.18. The Bertz CT molecular complexity index is 1050. The molecule has 3 rings (SSSR count).